The first-order valence-electron chi connectivity index (χ1n) is 11.7. The van der Waals surface area contributed by atoms with Gasteiger partial charge in [0.25, 0.3) is 5.91 Å². The van der Waals surface area contributed by atoms with Crippen LogP contribution in [0.5, 0.6) is 0 Å². The summed E-state index contributed by atoms with van der Waals surface area (Å²) < 4.78 is 11.2. The molecule has 2 N–H and O–H groups in total. The van der Waals surface area contributed by atoms with E-state index < -0.39 is 18.2 Å². The highest BCUT2D eigenvalue weighted by Crippen LogP contribution is 2.44. The second-order valence-electron chi connectivity index (χ2n) is 8.61. The molecule has 0 bridgehead atoms. The zero-order chi connectivity index (χ0) is 24.1. The minimum atomic E-state index is -0.952. The Labute approximate surface area is 198 Å². The van der Waals surface area contributed by atoms with Crippen LogP contribution in [0, 0.1) is 5.92 Å². The van der Waals surface area contributed by atoms with Crippen LogP contribution in [0.4, 0.5) is 4.79 Å². The Balaban J connectivity index is 1.31. The van der Waals surface area contributed by atoms with Gasteiger partial charge in [-0.2, -0.15) is 0 Å². The second-order valence-corrected chi connectivity index (χ2v) is 8.61. The maximum atomic E-state index is 12.8. The molecule has 2 aliphatic rings. The highest BCUT2D eigenvalue weighted by Gasteiger charge is 2.37. The molecule has 8 heteroatoms. The van der Waals surface area contributed by atoms with Gasteiger partial charge in [0, 0.05) is 38.1 Å². The molecule has 2 amide bonds. The van der Waals surface area contributed by atoms with Gasteiger partial charge in [0.1, 0.15) is 12.7 Å². The Morgan fingerprint density at radius 2 is 1.74 bits per heavy atom. The molecule has 1 fully saturated rings. The van der Waals surface area contributed by atoms with E-state index >= 15 is 0 Å². The predicted octanol–water partition coefficient (Wildman–Crippen LogP) is 3.25. The number of hydrogen-bond acceptors (Lipinski definition) is 5. The smallest absolute Gasteiger partial charge is 0.407 e. The van der Waals surface area contributed by atoms with E-state index in [4.69, 9.17) is 14.6 Å². The molecule has 2 unspecified atom stereocenters. The quantitative estimate of drug-likeness (QED) is 0.588. The summed E-state index contributed by atoms with van der Waals surface area (Å²) in [6.45, 7) is 3.24. The van der Waals surface area contributed by atoms with Crippen LogP contribution in [0.2, 0.25) is 0 Å². The molecule has 0 radical (unpaired) electrons. The van der Waals surface area contributed by atoms with Gasteiger partial charge in [0.2, 0.25) is 0 Å². The molecule has 8 nitrogen and oxygen atoms in total. The number of nitrogens with one attached hydrogen (secondary N) is 1. The standard InChI is InChI=1S/C26H30N2O6/c1-2-28(13-11-23(29)30)25(31)24-17(12-14-33-24)15-27-26(32)34-16-22-20-9-5-3-7-18(20)19-8-4-6-10-21(19)22/h3-10,17,22,24H,2,11-16H2,1H3,(H,27,32)(H,29,30). The second kappa shape index (κ2) is 10.7. The molecule has 2 aromatic carbocycles. The number of carbonyl (C=O) groups is 3. The van der Waals surface area contributed by atoms with Crippen molar-refractivity contribution in [3.8, 4) is 11.1 Å². The molecule has 34 heavy (non-hydrogen) atoms. The maximum Gasteiger partial charge on any atom is 0.407 e. The van der Waals surface area contributed by atoms with Crippen molar-refractivity contribution < 1.29 is 29.0 Å². The lowest BCUT2D eigenvalue weighted by Crippen LogP contribution is -2.45. The number of carboxylic acids is 1. The molecular formula is C26H30N2O6. The van der Waals surface area contributed by atoms with Crippen LogP contribution in [0.15, 0.2) is 48.5 Å². The Bertz CT molecular complexity index is 1010. The van der Waals surface area contributed by atoms with E-state index in [1.807, 2.05) is 24.3 Å². The lowest BCUT2D eigenvalue weighted by Gasteiger charge is -2.26. The number of nitrogens with zero attached hydrogens (tertiary/aromatic N) is 1. The Morgan fingerprint density at radius 1 is 1.09 bits per heavy atom. The number of hydrogen-bond donors (Lipinski definition) is 2. The van der Waals surface area contributed by atoms with Gasteiger partial charge in [-0.15, -0.1) is 0 Å². The van der Waals surface area contributed by atoms with Crippen molar-refractivity contribution in [2.24, 2.45) is 5.92 Å². The van der Waals surface area contributed by atoms with Gasteiger partial charge in [-0.1, -0.05) is 48.5 Å². The third-order valence-electron chi connectivity index (χ3n) is 6.60. The third kappa shape index (κ3) is 5.07. The molecule has 180 valence electrons. The molecule has 2 aromatic rings. The topological polar surface area (TPSA) is 105 Å². The molecule has 0 saturated carbocycles. The first-order chi connectivity index (χ1) is 16.5. The van der Waals surface area contributed by atoms with E-state index in [9.17, 15) is 14.4 Å². The van der Waals surface area contributed by atoms with E-state index in [1.165, 1.54) is 16.0 Å². The Hall–Kier alpha value is -3.39. The summed E-state index contributed by atoms with van der Waals surface area (Å²) in [5, 5.41) is 11.7. The number of carboxylic acid groups (broad SMARTS) is 1. The highest BCUT2D eigenvalue weighted by molar-refractivity contribution is 5.82. The van der Waals surface area contributed by atoms with E-state index in [1.54, 1.807) is 6.92 Å². The van der Waals surface area contributed by atoms with E-state index in [0.29, 0.717) is 19.6 Å². The number of fused-ring (bicyclic) bond motifs is 3. The fourth-order valence-electron chi connectivity index (χ4n) is 4.81. The molecule has 4 rings (SSSR count). The number of amides is 2. The number of ether oxygens (including phenoxy) is 2. The van der Waals surface area contributed by atoms with Gasteiger partial charge in [-0.25, -0.2) is 4.79 Å². The zero-order valence-corrected chi connectivity index (χ0v) is 19.2. The number of benzene rings is 2. The van der Waals surface area contributed by atoms with E-state index in [0.717, 1.165) is 11.1 Å². The zero-order valence-electron chi connectivity index (χ0n) is 19.2. The van der Waals surface area contributed by atoms with Gasteiger partial charge < -0.3 is 24.8 Å². The van der Waals surface area contributed by atoms with E-state index in [2.05, 4.69) is 29.6 Å². The lowest BCUT2D eigenvalue weighted by molar-refractivity contribution is -0.144. The minimum absolute atomic E-state index is 0.0189. The Kier molecular flexibility index (Phi) is 7.47. The lowest BCUT2D eigenvalue weighted by atomic mass is 9.98. The molecule has 0 aromatic heterocycles. The molecule has 1 aliphatic heterocycles. The normalized spacial score (nSPS) is 18.7. The summed E-state index contributed by atoms with van der Waals surface area (Å²) >= 11 is 0. The van der Waals surface area contributed by atoms with Crippen molar-refractivity contribution in [2.75, 3.05) is 32.8 Å². The van der Waals surface area contributed by atoms with Crippen molar-refractivity contribution in [1.29, 1.82) is 0 Å². The average molecular weight is 467 g/mol. The summed E-state index contributed by atoms with van der Waals surface area (Å²) in [6.07, 6.45) is -0.702. The fourth-order valence-corrected chi connectivity index (χ4v) is 4.81. The third-order valence-corrected chi connectivity index (χ3v) is 6.60. The molecule has 1 aliphatic carbocycles. The van der Waals surface area contributed by atoms with Crippen molar-refractivity contribution in [1.82, 2.24) is 10.2 Å². The van der Waals surface area contributed by atoms with Crippen LogP contribution in [-0.4, -0.2) is 66.9 Å². The summed E-state index contributed by atoms with van der Waals surface area (Å²) in [5.41, 5.74) is 4.62. The monoisotopic (exact) mass is 466 g/mol. The SMILES string of the molecule is CCN(CCC(=O)O)C(=O)C1OCCC1CNC(=O)OCC1c2ccccc2-c2ccccc21. The van der Waals surface area contributed by atoms with Crippen LogP contribution in [-0.2, 0) is 19.1 Å². The number of carbonyl (C=O) groups excluding carboxylic acids is 2. The highest BCUT2D eigenvalue weighted by atomic mass is 16.5. The van der Waals surface area contributed by atoms with Gasteiger partial charge >= 0.3 is 12.1 Å². The molecule has 0 spiro atoms. The molecule has 1 heterocycles. The van der Waals surface area contributed by atoms with Crippen LogP contribution >= 0.6 is 0 Å². The van der Waals surface area contributed by atoms with Crippen molar-refractivity contribution in [2.45, 2.75) is 31.8 Å². The molecule has 2 atom stereocenters. The van der Waals surface area contributed by atoms with Gasteiger partial charge in [0.15, 0.2) is 0 Å². The van der Waals surface area contributed by atoms with Crippen LogP contribution in [0.1, 0.15) is 36.8 Å². The largest absolute Gasteiger partial charge is 0.481 e. The van der Waals surface area contributed by atoms with Crippen molar-refractivity contribution in [3.63, 3.8) is 0 Å². The fraction of sp³-hybridized carbons (Fsp3) is 0.423. The average Bonchev–Trinajstić information content (AvgIpc) is 3.44. The molecule has 1 saturated heterocycles. The van der Waals surface area contributed by atoms with Gasteiger partial charge in [-0.3, -0.25) is 9.59 Å². The first kappa shape index (κ1) is 23.8. The number of likely N-dealkylation sites (N-methyl/N-ethyl adjacent to an activating group) is 1. The minimum Gasteiger partial charge on any atom is -0.481 e. The number of rotatable bonds is 9. The summed E-state index contributed by atoms with van der Waals surface area (Å²) in [5.74, 6) is -1.39. The summed E-state index contributed by atoms with van der Waals surface area (Å²) in [7, 11) is 0. The maximum absolute atomic E-state index is 12.8. The summed E-state index contributed by atoms with van der Waals surface area (Å²) in [4.78, 5) is 37.7. The molecular weight excluding hydrogens is 436 g/mol. The number of aliphatic carboxylic acids is 1. The first-order valence-corrected chi connectivity index (χ1v) is 11.7. The van der Waals surface area contributed by atoms with Crippen LogP contribution in [0.25, 0.3) is 11.1 Å². The van der Waals surface area contributed by atoms with Gasteiger partial charge in [0.05, 0.1) is 6.42 Å². The van der Waals surface area contributed by atoms with Crippen LogP contribution in [0.3, 0.4) is 0 Å². The van der Waals surface area contributed by atoms with Gasteiger partial charge in [-0.05, 0) is 35.6 Å². The van der Waals surface area contributed by atoms with Crippen molar-refractivity contribution >= 4 is 18.0 Å². The number of alkyl carbamates (subject to hydrolysis) is 1. The Morgan fingerprint density at radius 3 is 2.35 bits per heavy atom. The van der Waals surface area contributed by atoms with Crippen molar-refractivity contribution in [3.05, 3.63) is 59.7 Å². The summed E-state index contributed by atoms with van der Waals surface area (Å²) in [6, 6.07) is 16.3. The predicted molar refractivity (Wildman–Crippen MR) is 125 cm³/mol. The van der Waals surface area contributed by atoms with E-state index in [-0.39, 0.29) is 43.9 Å². The van der Waals surface area contributed by atoms with Crippen LogP contribution < -0.4 is 5.32 Å².